The second-order valence-electron chi connectivity index (χ2n) is 3.36. The van der Waals surface area contributed by atoms with Gasteiger partial charge in [-0.3, -0.25) is 0 Å². The van der Waals surface area contributed by atoms with E-state index in [4.69, 9.17) is 0 Å². The molecule has 0 N–H and O–H groups in total. The summed E-state index contributed by atoms with van der Waals surface area (Å²) >= 11 is 0. The van der Waals surface area contributed by atoms with E-state index in [-0.39, 0.29) is 0 Å². The monoisotopic (exact) mass is 130 g/mol. The lowest BCUT2D eigenvalue weighted by Crippen LogP contribution is -2.07. The highest BCUT2D eigenvalue weighted by Gasteiger charge is 2.25. The summed E-state index contributed by atoms with van der Waals surface area (Å²) in [7, 11) is 0. The van der Waals surface area contributed by atoms with Crippen LogP contribution in [0, 0.1) is 11.8 Å². The minimum Gasteiger partial charge on any atom is -0.247 e. The average Bonchev–Trinajstić information content (AvgIpc) is 2.14. The third kappa shape index (κ3) is 1.67. The number of halogens is 1. The summed E-state index contributed by atoms with van der Waals surface area (Å²) in [5, 5.41) is 0. The Morgan fingerprint density at radius 1 is 1.44 bits per heavy atom. The first-order valence-corrected chi connectivity index (χ1v) is 3.84. The highest BCUT2D eigenvalue weighted by molar-refractivity contribution is 4.75. The number of hydrogen-bond donors (Lipinski definition) is 0. The van der Waals surface area contributed by atoms with Crippen molar-refractivity contribution in [1.29, 1.82) is 0 Å². The fourth-order valence-corrected chi connectivity index (χ4v) is 1.67. The van der Waals surface area contributed by atoms with E-state index in [1.165, 1.54) is 6.42 Å². The molecule has 1 aliphatic rings. The predicted molar refractivity (Wildman–Crippen MR) is 37.1 cm³/mol. The maximum absolute atomic E-state index is 12.6. The molecule has 1 rings (SSSR count). The van der Waals surface area contributed by atoms with Crippen molar-refractivity contribution in [2.75, 3.05) is 0 Å². The molecule has 1 fully saturated rings. The lowest BCUT2D eigenvalue weighted by atomic mass is 10.0. The van der Waals surface area contributed by atoms with E-state index in [0.29, 0.717) is 5.92 Å². The van der Waals surface area contributed by atoms with Gasteiger partial charge in [-0.2, -0.15) is 0 Å². The van der Waals surface area contributed by atoms with Gasteiger partial charge in [0.15, 0.2) is 0 Å². The molecule has 3 atom stereocenters. The fraction of sp³-hybridized carbons (Fsp3) is 1.00. The molecule has 0 saturated heterocycles. The van der Waals surface area contributed by atoms with Crippen molar-refractivity contribution in [3.05, 3.63) is 0 Å². The van der Waals surface area contributed by atoms with Gasteiger partial charge in [0.2, 0.25) is 0 Å². The van der Waals surface area contributed by atoms with Gasteiger partial charge in [0.05, 0.1) is 0 Å². The van der Waals surface area contributed by atoms with Crippen LogP contribution in [0.5, 0.6) is 0 Å². The molecule has 1 heteroatoms. The van der Waals surface area contributed by atoms with Crippen LogP contribution in [0.1, 0.15) is 33.1 Å². The second kappa shape index (κ2) is 2.68. The van der Waals surface area contributed by atoms with Crippen molar-refractivity contribution >= 4 is 0 Å². The topological polar surface area (TPSA) is 0 Å². The number of hydrogen-bond acceptors (Lipinski definition) is 0. The Kier molecular flexibility index (Phi) is 2.09. The predicted octanol–water partition coefficient (Wildman–Crippen LogP) is 2.78. The molecule has 0 amide bonds. The Morgan fingerprint density at radius 3 is 2.33 bits per heavy atom. The zero-order valence-electron chi connectivity index (χ0n) is 6.23. The van der Waals surface area contributed by atoms with Gasteiger partial charge in [0.25, 0.3) is 0 Å². The molecule has 1 aliphatic carbocycles. The molecule has 0 nitrogen and oxygen atoms in total. The molecule has 0 radical (unpaired) electrons. The zero-order valence-corrected chi connectivity index (χ0v) is 6.23. The molecule has 0 aromatic carbocycles. The molecular formula is C8H15F. The summed E-state index contributed by atoms with van der Waals surface area (Å²) in [6.07, 6.45) is 2.88. The molecule has 9 heavy (non-hydrogen) atoms. The molecule has 0 bridgehead atoms. The largest absolute Gasteiger partial charge is 0.247 e. The summed E-state index contributed by atoms with van der Waals surface area (Å²) in [6, 6.07) is 0. The Balaban J connectivity index is 2.30. The van der Waals surface area contributed by atoms with Gasteiger partial charge in [-0.15, -0.1) is 0 Å². The van der Waals surface area contributed by atoms with Crippen LogP contribution in [0.2, 0.25) is 0 Å². The van der Waals surface area contributed by atoms with E-state index in [2.05, 4.69) is 6.92 Å². The van der Waals surface area contributed by atoms with Crippen molar-refractivity contribution in [3.63, 3.8) is 0 Å². The van der Waals surface area contributed by atoms with Gasteiger partial charge in [0, 0.05) is 0 Å². The van der Waals surface area contributed by atoms with Crippen molar-refractivity contribution in [2.24, 2.45) is 11.8 Å². The van der Waals surface area contributed by atoms with Crippen LogP contribution in [-0.4, -0.2) is 6.17 Å². The molecule has 54 valence electrons. The number of alkyl halides is 1. The molecule has 3 unspecified atom stereocenters. The lowest BCUT2D eigenvalue weighted by Gasteiger charge is -2.08. The van der Waals surface area contributed by atoms with Gasteiger partial charge in [0.1, 0.15) is 6.17 Å². The standard InChI is InChI=1S/C8H15F/c1-6-3-4-8(5-6)7(2)9/h6-8H,3-5H2,1-2H3. The third-order valence-corrected chi connectivity index (χ3v) is 2.38. The molecule has 0 aromatic heterocycles. The van der Waals surface area contributed by atoms with Crippen molar-refractivity contribution in [2.45, 2.75) is 39.3 Å². The minimum atomic E-state index is -0.574. The fourth-order valence-electron chi connectivity index (χ4n) is 1.67. The lowest BCUT2D eigenvalue weighted by molar-refractivity contribution is 0.248. The molecule has 0 heterocycles. The van der Waals surface area contributed by atoms with Crippen molar-refractivity contribution in [3.8, 4) is 0 Å². The summed E-state index contributed by atoms with van der Waals surface area (Å²) in [5.41, 5.74) is 0. The van der Waals surface area contributed by atoms with Crippen LogP contribution in [0.15, 0.2) is 0 Å². The summed E-state index contributed by atoms with van der Waals surface area (Å²) in [4.78, 5) is 0. The Morgan fingerprint density at radius 2 is 2.11 bits per heavy atom. The molecule has 0 spiro atoms. The average molecular weight is 130 g/mol. The van der Waals surface area contributed by atoms with E-state index in [0.717, 1.165) is 18.8 Å². The SMILES string of the molecule is CC1CCC(C(C)F)C1. The van der Waals surface area contributed by atoms with E-state index in [1.54, 1.807) is 6.92 Å². The normalized spacial score (nSPS) is 39.0. The first-order valence-electron chi connectivity index (χ1n) is 3.84. The van der Waals surface area contributed by atoms with Crippen LogP contribution in [0.25, 0.3) is 0 Å². The zero-order chi connectivity index (χ0) is 6.85. The highest BCUT2D eigenvalue weighted by Crippen LogP contribution is 2.33. The van der Waals surface area contributed by atoms with E-state index in [1.807, 2.05) is 0 Å². The van der Waals surface area contributed by atoms with Gasteiger partial charge in [-0.25, -0.2) is 4.39 Å². The molecule has 0 aromatic rings. The third-order valence-electron chi connectivity index (χ3n) is 2.38. The second-order valence-corrected chi connectivity index (χ2v) is 3.36. The van der Waals surface area contributed by atoms with Crippen LogP contribution in [0.4, 0.5) is 4.39 Å². The van der Waals surface area contributed by atoms with Crippen molar-refractivity contribution < 1.29 is 4.39 Å². The summed E-state index contributed by atoms with van der Waals surface area (Å²) in [5.74, 6) is 1.15. The molecule has 1 saturated carbocycles. The first-order chi connectivity index (χ1) is 4.20. The van der Waals surface area contributed by atoms with Gasteiger partial charge in [-0.1, -0.05) is 13.3 Å². The summed E-state index contributed by atoms with van der Waals surface area (Å²) < 4.78 is 12.6. The first kappa shape index (κ1) is 7.04. The van der Waals surface area contributed by atoms with E-state index in [9.17, 15) is 4.39 Å². The maximum atomic E-state index is 12.6. The van der Waals surface area contributed by atoms with Crippen molar-refractivity contribution in [1.82, 2.24) is 0 Å². The highest BCUT2D eigenvalue weighted by atomic mass is 19.1. The smallest absolute Gasteiger partial charge is 0.100 e. The summed E-state index contributed by atoms with van der Waals surface area (Å²) in [6.45, 7) is 3.89. The van der Waals surface area contributed by atoms with E-state index >= 15 is 0 Å². The van der Waals surface area contributed by atoms with Gasteiger partial charge in [-0.05, 0) is 31.6 Å². The number of rotatable bonds is 1. The molecule has 0 aliphatic heterocycles. The Hall–Kier alpha value is -0.0700. The van der Waals surface area contributed by atoms with Crippen LogP contribution < -0.4 is 0 Å². The molecular weight excluding hydrogens is 115 g/mol. The Bertz CT molecular complexity index is 88.6. The quantitative estimate of drug-likeness (QED) is 0.512. The van der Waals surface area contributed by atoms with Crippen LogP contribution in [-0.2, 0) is 0 Å². The van der Waals surface area contributed by atoms with E-state index < -0.39 is 6.17 Å². The maximum Gasteiger partial charge on any atom is 0.100 e. The van der Waals surface area contributed by atoms with Gasteiger partial charge < -0.3 is 0 Å². The Labute approximate surface area is 56.5 Å². The van der Waals surface area contributed by atoms with Gasteiger partial charge >= 0.3 is 0 Å². The van der Waals surface area contributed by atoms with Crippen LogP contribution >= 0.6 is 0 Å². The van der Waals surface area contributed by atoms with Crippen LogP contribution in [0.3, 0.4) is 0 Å². The minimum absolute atomic E-state index is 0.375.